The van der Waals surface area contributed by atoms with Crippen LogP contribution in [0.15, 0.2) is 30.3 Å². The molecule has 3 heteroatoms. The first kappa shape index (κ1) is 16.0. The smallest absolute Gasteiger partial charge is 0.313 e. The van der Waals surface area contributed by atoms with Gasteiger partial charge in [-0.3, -0.25) is 4.79 Å². The fourth-order valence-corrected chi connectivity index (χ4v) is 2.70. The van der Waals surface area contributed by atoms with Crippen molar-refractivity contribution in [1.82, 2.24) is 5.32 Å². The Kier molecular flexibility index (Phi) is 5.80. The van der Waals surface area contributed by atoms with E-state index < -0.39 is 5.41 Å². The molecule has 0 spiro atoms. The number of rotatable bonds is 6. The largest absolute Gasteiger partial charge is 0.460 e. The zero-order valence-electron chi connectivity index (χ0n) is 13.2. The fourth-order valence-electron chi connectivity index (χ4n) is 2.70. The molecule has 0 atom stereocenters. The molecule has 0 unspecified atom stereocenters. The molecule has 1 aromatic rings. The van der Waals surface area contributed by atoms with Crippen molar-refractivity contribution < 1.29 is 9.53 Å². The lowest BCUT2D eigenvalue weighted by Gasteiger charge is -2.28. The number of esters is 1. The van der Waals surface area contributed by atoms with Crippen LogP contribution in [-0.2, 0) is 16.1 Å². The number of carbonyl (C=O) groups excluding carboxylic acids is 1. The SMILES string of the molecule is CC(C)(CNC1CCCCC1)C(=O)OCc1ccccc1. The molecule has 1 aliphatic rings. The van der Waals surface area contributed by atoms with Crippen LogP contribution in [0.5, 0.6) is 0 Å². The van der Waals surface area contributed by atoms with Crippen LogP contribution in [0.4, 0.5) is 0 Å². The summed E-state index contributed by atoms with van der Waals surface area (Å²) in [5.41, 5.74) is 0.550. The third kappa shape index (κ3) is 5.16. The van der Waals surface area contributed by atoms with Crippen molar-refractivity contribution in [3.63, 3.8) is 0 Å². The molecule has 0 amide bonds. The van der Waals surface area contributed by atoms with Gasteiger partial charge in [0.25, 0.3) is 0 Å². The van der Waals surface area contributed by atoms with E-state index >= 15 is 0 Å². The average molecular weight is 289 g/mol. The van der Waals surface area contributed by atoms with Crippen LogP contribution in [-0.4, -0.2) is 18.6 Å². The maximum atomic E-state index is 12.2. The molecule has 1 aromatic carbocycles. The lowest BCUT2D eigenvalue weighted by atomic mass is 9.91. The molecule has 0 radical (unpaired) electrons. The molecule has 0 heterocycles. The van der Waals surface area contributed by atoms with Gasteiger partial charge in [-0.15, -0.1) is 0 Å². The molecule has 3 nitrogen and oxygen atoms in total. The molecule has 21 heavy (non-hydrogen) atoms. The monoisotopic (exact) mass is 289 g/mol. The number of ether oxygens (including phenoxy) is 1. The molecular weight excluding hydrogens is 262 g/mol. The molecule has 0 aliphatic heterocycles. The van der Waals surface area contributed by atoms with E-state index in [1.807, 2.05) is 44.2 Å². The van der Waals surface area contributed by atoms with E-state index in [4.69, 9.17) is 4.74 Å². The van der Waals surface area contributed by atoms with E-state index in [0.717, 1.165) is 5.56 Å². The highest BCUT2D eigenvalue weighted by molar-refractivity contribution is 5.76. The highest BCUT2D eigenvalue weighted by atomic mass is 16.5. The number of nitrogens with one attached hydrogen (secondary N) is 1. The Bertz CT molecular complexity index is 436. The predicted molar refractivity (Wildman–Crippen MR) is 84.9 cm³/mol. The van der Waals surface area contributed by atoms with E-state index in [9.17, 15) is 4.79 Å². The quantitative estimate of drug-likeness (QED) is 0.812. The van der Waals surface area contributed by atoms with E-state index in [1.54, 1.807) is 0 Å². The number of hydrogen-bond acceptors (Lipinski definition) is 3. The molecule has 0 saturated heterocycles. The molecule has 1 fully saturated rings. The molecular formula is C18H27NO2. The van der Waals surface area contributed by atoms with Crippen LogP contribution >= 0.6 is 0 Å². The minimum atomic E-state index is -0.480. The Morgan fingerprint density at radius 1 is 1.19 bits per heavy atom. The van der Waals surface area contributed by atoms with Gasteiger partial charge in [-0.05, 0) is 32.3 Å². The summed E-state index contributed by atoms with van der Waals surface area (Å²) < 4.78 is 5.45. The van der Waals surface area contributed by atoms with Gasteiger partial charge in [0.15, 0.2) is 0 Å². The first-order valence-corrected chi connectivity index (χ1v) is 8.02. The zero-order valence-corrected chi connectivity index (χ0v) is 13.2. The highest BCUT2D eigenvalue weighted by Gasteiger charge is 2.30. The topological polar surface area (TPSA) is 38.3 Å². The van der Waals surface area contributed by atoms with E-state index in [-0.39, 0.29) is 5.97 Å². The summed E-state index contributed by atoms with van der Waals surface area (Å²) in [6.45, 7) is 4.95. The first-order chi connectivity index (χ1) is 10.1. The van der Waals surface area contributed by atoms with Crippen LogP contribution in [0.1, 0.15) is 51.5 Å². The van der Waals surface area contributed by atoms with E-state index in [0.29, 0.717) is 19.2 Å². The molecule has 1 N–H and O–H groups in total. The van der Waals surface area contributed by atoms with Crippen LogP contribution in [0.3, 0.4) is 0 Å². The van der Waals surface area contributed by atoms with Gasteiger partial charge in [0, 0.05) is 12.6 Å². The van der Waals surface area contributed by atoms with Crippen molar-refractivity contribution in [2.24, 2.45) is 5.41 Å². The van der Waals surface area contributed by atoms with Gasteiger partial charge >= 0.3 is 5.97 Å². The van der Waals surface area contributed by atoms with Crippen molar-refractivity contribution in [2.45, 2.75) is 58.6 Å². The van der Waals surface area contributed by atoms with E-state index in [1.165, 1.54) is 32.1 Å². The van der Waals surface area contributed by atoms with Crippen molar-refractivity contribution in [3.05, 3.63) is 35.9 Å². The second-order valence-corrected chi connectivity index (χ2v) is 6.66. The summed E-state index contributed by atoms with van der Waals surface area (Å²) in [5.74, 6) is -0.130. The van der Waals surface area contributed by atoms with Gasteiger partial charge in [0.05, 0.1) is 5.41 Å². The minimum Gasteiger partial charge on any atom is -0.460 e. The Hall–Kier alpha value is -1.35. The maximum Gasteiger partial charge on any atom is 0.313 e. The molecule has 0 aromatic heterocycles. The van der Waals surface area contributed by atoms with Crippen molar-refractivity contribution >= 4 is 5.97 Å². The highest BCUT2D eigenvalue weighted by Crippen LogP contribution is 2.21. The second-order valence-electron chi connectivity index (χ2n) is 6.66. The Balaban J connectivity index is 1.76. The lowest BCUT2D eigenvalue weighted by Crippen LogP contribution is -2.42. The normalized spacial score (nSPS) is 16.7. The number of hydrogen-bond donors (Lipinski definition) is 1. The predicted octanol–water partition coefficient (Wildman–Crippen LogP) is 3.68. The first-order valence-electron chi connectivity index (χ1n) is 8.02. The second kappa shape index (κ2) is 7.60. The fraction of sp³-hybridized carbons (Fsp3) is 0.611. The van der Waals surface area contributed by atoms with Gasteiger partial charge in [-0.1, -0.05) is 49.6 Å². The Labute approximate surface area is 128 Å². The van der Waals surface area contributed by atoms with Crippen LogP contribution < -0.4 is 5.32 Å². The number of carbonyl (C=O) groups is 1. The number of benzene rings is 1. The summed E-state index contributed by atoms with van der Waals surface area (Å²) in [7, 11) is 0. The van der Waals surface area contributed by atoms with Crippen LogP contribution in [0.25, 0.3) is 0 Å². The minimum absolute atomic E-state index is 0.130. The molecule has 1 aliphatic carbocycles. The van der Waals surface area contributed by atoms with Gasteiger partial charge in [0.2, 0.25) is 0 Å². The molecule has 116 valence electrons. The van der Waals surface area contributed by atoms with Crippen molar-refractivity contribution in [1.29, 1.82) is 0 Å². The molecule has 1 saturated carbocycles. The van der Waals surface area contributed by atoms with Crippen molar-refractivity contribution in [3.8, 4) is 0 Å². The average Bonchev–Trinajstić information content (AvgIpc) is 2.52. The van der Waals surface area contributed by atoms with Gasteiger partial charge < -0.3 is 10.1 Å². The van der Waals surface area contributed by atoms with Gasteiger partial charge in [-0.25, -0.2) is 0 Å². The maximum absolute atomic E-state index is 12.2. The lowest BCUT2D eigenvalue weighted by molar-refractivity contribution is -0.155. The summed E-state index contributed by atoms with van der Waals surface area (Å²) in [5, 5.41) is 3.54. The summed E-state index contributed by atoms with van der Waals surface area (Å²) >= 11 is 0. The van der Waals surface area contributed by atoms with Crippen LogP contribution in [0.2, 0.25) is 0 Å². The Morgan fingerprint density at radius 2 is 1.86 bits per heavy atom. The summed E-state index contributed by atoms with van der Waals surface area (Å²) in [4.78, 5) is 12.2. The standard InChI is InChI=1S/C18H27NO2/c1-18(2,14-19-16-11-7-4-8-12-16)17(20)21-13-15-9-5-3-6-10-15/h3,5-6,9-10,16,19H,4,7-8,11-14H2,1-2H3. The van der Waals surface area contributed by atoms with E-state index in [2.05, 4.69) is 5.32 Å². The third-order valence-electron chi connectivity index (χ3n) is 4.20. The van der Waals surface area contributed by atoms with Gasteiger partial charge in [0.1, 0.15) is 6.61 Å². The summed E-state index contributed by atoms with van der Waals surface area (Å²) in [6.07, 6.45) is 6.41. The zero-order chi connectivity index (χ0) is 15.1. The van der Waals surface area contributed by atoms with Crippen molar-refractivity contribution in [2.75, 3.05) is 6.54 Å². The van der Waals surface area contributed by atoms with Crippen LogP contribution in [0, 0.1) is 5.41 Å². The third-order valence-corrected chi connectivity index (χ3v) is 4.20. The summed E-state index contributed by atoms with van der Waals surface area (Å²) in [6, 6.07) is 10.4. The molecule has 0 bridgehead atoms. The molecule has 2 rings (SSSR count). The van der Waals surface area contributed by atoms with Gasteiger partial charge in [-0.2, -0.15) is 0 Å². The Morgan fingerprint density at radius 3 is 2.52 bits per heavy atom.